The highest BCUT2D eigenvalue weighted by molar-refractivity contribution is 7.92. The molecule has 0 saturated carbocycles. The number of sulfonamides is 1. The number of nitrogens with one attached hydrogen (secondary N) is 1. The molecule has 0 spiro atoms. The van der Waals surface area contributed by atoms with E-state index in [0.29, 0.717) is 29.4 Å². The minimum Gasteiger partial charge on any atom is -0.493 e. The Kier molecular flexibility index (Phi) is 8.21. The standard InChI is InChI=1S/C22H27N3O5S/c1-6-11-30-20-10-8-18(13-21(20)29-4)14-23-24-22(26)15-25(31(5,27)28)19-9-7-16(2)12-17(19)3/h6-10,12-14H,1,11,15H2,2-5H3,(H,24,26)/b23-14-. The van der Waals surface area contributed by atoms with Crippen molar-refractivity contribution in [2.45, 2.75) is 13.8 Å². The second kappa shape index (κ2) is 10.6. The zero-order valence-electron chi connectivity index (χ0n) is 18.1. The lowest BCUT2D eigenvalue weighted by Crippen LogP contribution is -2.39. The molecule has 2 rings (SSSR count). The Morgan fingerprint density at radius 2 is 1.94 bits per heavy atom. The SMILES string of the molecule is C=CCOc1ccc(/C=N\NC(=O)CN(c2ccc(C)cc2C)S(C)(=O)=O)cc1OC. The predicted molar refractivity (Wildman–Crippen MR) is 123 cm³/mol. The zero-order valence-corrected chi connectivity index (χ0v) is 18.9. The first-order chi connectivity index (χ1) is 14.7. The van der Waals surface area contributed by atoms with Gasteiger partial charge in [0, 0.05) is 0 Å². The van der Waals surface area contributed by atoms with Gasteiger partial charge < -0.3 is 9.47 Å². The van der Waals surface area contributed by atoms with Gasteiger partial charge >= 0.3 is 0 Å². The smallest absolute Gasteiger partial charge is 0.260 e. The van der Waals surface area contributed by atoms with Crippen molar-refractivity contribution in [2.75, 3.05) is 30.8 Å². The van der Waals surface area contributed by atoms with E-state index in [1.54, 1.807) is 43.3 Å². The molecule has 2 aromatic carbocycles. The molecular formula is C22H27N3O5S. The van der Waals surface area contributed by atoms with Gasteiger partial charge in [-0.1, -0.05) is 30.4 Å². The lowest BCUT2D eigenvalue weighted by atomic mass is 10.1. The lowest BCUT2D eigenvalue weighted by molar-refractivity contribution is -0.119. The van der Waals surface area contributed by atoms with Crippen LogP contribution in [0.15, 0.2) is 54.2 Å². The van der Waals surface area contributed by atoms with Crippen molar-refractivity contribution in [3.63, 3.8) is 0 Å². The summed E-state index contributed by atoms with van der Waals surface area (Å²) in [5.41, 5.74) is 5.23. The number of hydrogen-bond donors (Lipinski definition) is 1. The van der Waals surface area contributed by atoms with Gasteiger partial charge in [-0.05, 0) is 49.2 Å². The van der Waals surface area contributed by atoms with Gasteiger partial charge in [0.1, 0.15) is 13.2 Å². The molecule has 0 aliphatic heterocycles. The molecule has 8 nitrogen and oxygen atoms in total. The topological polar surface area (TPSA) is 97.3 Å². The van der Waals surface area contributed by atoms with Crippen LogP contribution in [-0.2, 0) is 14.8 Å². The van der Waals surface area contributed by atoms with E-state index in [2.05, 4.69) is 17.1 Å². The highest BCUT2D eigenvalue weighted by atomic mass is 32.2. The van der Waals surface area contributed by atoms with Crippen LogP contribution < -0.4 is 19.2 Å². The molecule has 0 heterocycles. The summed E-state index contributed by atoms with van der Waals surface area (Å²) in [6.45, 7) is 7.26. The molecule has 0 atom stereocenters. The predicted octanol–water partition coefficient (Wildman–Crippen LogP) is 2.79. The molecule has 1 amide bonds. The molecule has 0 fully saturated rings. The van der Waals surface area contributed by atoms with Gasteiger partial charge in [0.2, 0.25) is 10.0 Å². The van der Waals surface area contributed by atoms with E-state index in [-0.39, 0.29) is 0 Å². The number of benzene rings is 2. The largest absolute Gasteiger partial charge is 0.493 e. The van der Waals surface area contributed by atoms with E-state index in [1.807, 2.05) is 13.0 Å². The number of hydrazone groups is 1. The minimum absolute atomic E-state index is 0.344. The van der Waals surface area contributed by atoms with Crippen molar-refractivity contribution in [3.8, 4) is 11.5 Å². The normalized spacial score (nSPS) is 11.2. The maximum atomic E-state index is 12.4. The molecule has 31 heavy (non-hydrogen) atoms. The average Bonchev–Trinajstić information content (AvgIpc) is 2.70. The summed E-state index contributed by atoms with van der Waals surface area (Å²) in [5.74, 6) is 0.496. The quantitative estimate of drug-likeness (QED) is 0.345. The summed E-state index contributed by atoms with van der Waals surface area (Å²) in [6.07, 6.45) is 4.12. The Morgan fingerprint density at radius 3 is 2.55 bits per heavy atom. The van der Waals surface area contributed by atoms with Crippen molar-refractivity contribution in [1.29, 1.82) is 0 Å². The van der Waals surface area contributed by atoms with Crippen LogP contribution in [-0.4, -0.2) is 47.1 Å². The molecule has 9 heteroatoms. The van der Waals surface area contributed by atoms with Crippen molar-refractivity contribution in [2.24, 2.45) is 5.10 Å². The van der Waals surface area contributed by atoms with E-state index >= 15 is 0 Å². The third-order valence-corrected chi connectivity index (χ3v) is 5.38. The summed E-state index contributed by atoms with van der Waals surface area (Å²) in [7, 11) is -2.14. The molecule has 0 bridgehead atoms. The number of hydrogen-bond acceptors (Lipinski definition) is 6. The fraction of sp³-hybridized carbons (Fsp3) is 0.273. The van der Waals surface area contributed by atoms with Crippen LogP contribution in [0.1, 0.15) is 16.7 Å². The third-order valence-electron chi connectivity index (χ3n) is 4.26. The van der Waals surface area contributed by atoms with Gasteiger partial charge in [-0.3, -0.25) is 9.10 Å². The molecule has 166 valence electrons. The molecule has 0 saturated heterocycles. The number of carbonyl (C=O) groups excluding carboxylic acids is 1. The highest BCUT2D eigenvalue weighted by Crippen LogP contribution is 2.27. The summed E-state index contributed by atoms with van der Waals surface area (Å²) < 4.78 is 36.3. The van der Waals surface area contributed by atoms with Crippen LogP contribution in [0.2, 0.25) is 0 Å². The molecule has 0 radical (unpaired) electrons. The third kappa shape index (κ3) is 6.85. The highest BCUT2D eigenvalue weighted by Gasteiger charge is 2.22. The minimum atomic E-state index is -3.66. The molecule has 0 aliphatic carbocycles. The summed E-state index contributed by atoms with van der Waals surface area (Å²) >= 11 is 0. The fourth-order valence-electron chi connectivity index (χ4n) is 2.84. The van der Waals surface area contributed by atoms with Crippen LogP contribution in [0.4, 0.5) is 5.69 Å². The molecule has 0 aliphatic rings. The van der Waals surface area contributed by atoms with Gasteiger partial charge in [-0.15, -0.1) is 0 Å². The summed E-state index contributed by atoms with van der Waals surface area (Å²) in [5, 5.41) is 3.92. The van der Waals surface area contributed by atoms with E-state index in [4.69, 9.17) is 9.47 Å². The zero-order chi connectivity index (χ0) is 23.0. The second-order valence-corrected chi connectivity index (χ2v) is 8.77. The molecule has 0 unspecified atom stereocenters. The molecule has 2 aromatic rings. The number of nitrogens with zero attached hydrogens (tertiary/aromatic N) is 2. The van der Waals surface area contributed by atoms with Crippen LogP contribution in [0.3, 0.4) is 0 Å². The number of anilines is 1. The first-order valence-electron chi connectivity index (χ1n) is 9.44. The maximum absolute atomic E-state index is 12.4. The number of amides is 1. The second-order valence-electron chi connectivity index (χ2n) is 6.86. The first kappa shape index (κ1) is 23.9. The van der Waals surface area contributed by atoms with Gasteiger partial charge in [-0.2, -0.15) is 5.10 Å². The first-order valence-corrected chi connectivity index (χ1v) is 11.3. The number of aryl methyl sites for hydroxylation is 2. The Morgan fingerprint density at radius 1 is 1.19 bits per heavy atom. The van der Waals surface area contributed by atoms with Crippen molar-refractivity contribution >= 4 is 27.8 Å². The summed E-state index contributed by atoms with van der Waals surface area (Å²) in [6, 6.07) is 10.5. The van der Waals surface area contributed by atoms with Crippen LogP contribution in [0, 0.1) is 13.8 Å². The van der Waals surface area contributed by atoms with Gasteiger partial charge in [0.05, 0.1) is 25.3 Å². The van der Waals surface area contributed by atoms with Crippen molar-refractivity contribution in [3.05, 3.63) is 65.7 Å². The Balaban J connectivity index is 2.10. The van der Waals surface area contributed by atoms with E-state index in [0.717, 1.165) is 21.7 Å². The van der Waals surface area contributed by atoms with Crippen LogP contribution >= 0.6 is 0 Å². The number of rotatable bonds is 10. The van der Waals surface area contributed by atoms with Crippen LogP contribution in [0.25, 0.3) is 0 Å². The molecule has 0 aromatic heterocycles. The fourth-order valence-corrected chi connectivity index (χ4v) is 3.76. The number of carbonyl (C=O) groups is 1. The number of methoxy groups -OCH3 is 1. The van der Waals surface area contributed by atoms with E-state index < -0.39 is 22.5 Å². The van der Waals surface area contributed by atoms with Gasteiger partial charge in [-0.25, -0.2) is 13.8 Å². The Bertz CT molecular complexity index is 1080. The molecule has 1 N–H and O–H groups in total. The summed E-state index contributed by atoms with van der Waals surface area (Å²) in [4.78, 5) is 12.4. The monoisotopic (exact) mass is 445 g/mol. The average molecular weight is 446 g/mol. The van der Waals surface area contributed by atoms with Gasteiger partial charge in [0.15, 0.2) is 11.5 Å². The van der Waals surface area contributed by atoms with Crippen molar-refractivity contribution in [1.82, 2.24) is 5.43 Å². The maximum Gasteiger partial charge on any atom is 0.260 e. The van der Waals surface area contributed by atoms with Gasteiger partial charge in [0.25, 0.3) is 5.91 Å². The Hall–Kier alpha value is -3.33. The molecular weight excluding hydrogens is 418 g/mol. The van der Waals surface area contributed by atoms with Crippen molar-refractivity contribution < 1.29 is 22.7 Å². The Labute approximate surface area is 183 Å². The lowest BCUT2D eigenvalue weighted by Gasteiger charge is -2.23. The number of ether oxygens (including phenoxy) is 2. The van der Waals surface area contributed by atoms with E-state index in [1.165, 1.54) is 13.3 Å². The van der Waals surface area contributed by atoms with E-state index in [9.17, 15) is 13.2 Å². The van der Waals surface area contributed by atoms with Crippen LogP contribution in [0.5, 0.6) is 11.5 Å².